The molecule has 1 heterocycles. The smallest absolute Gasteiger partial charge is 0.404 e. The van der Waals surface area contributed by atoms with Crippen LogP contribution in [-0.4, -0.2) is 46.7 Å². The molecule has 0 aliphatic carbocycles. The van der Waals surface area contributed by atoms with Gasteiger partial charge in [-0.05, 0) is 50.0 Å². The molecule has 36 heavy (non-hydrogen) atoms. The summed E-state index contributed by atoms with van der Waals surface area (Å²) in [6.45, 7) is 6.07. The molecule has 0 spiro atoms. The second-order valence-electron chi connectivity index (χ2n) is 8.98. The fourth-order valence-corrected chi connectivity index (χ4v) is 4.31. The monoisotopic (exact) mass is 613 g/mol. The third-order valence-corrected chi connectivity index (χ3v) is 6.05. The Labute approximate surface area is 228 Å². The van der Waals surface area contributed by atoms with Crippen molar-refractivity contribution in [1.82, 2.24) is 0 Å². The molecule has 1 rings (SSSR count). The second kappa shape index (κ2) is 18.1. The Morgan fingerprint density at radius 2 is 1.97 bits per heavy atom. The van der Waals surface area contributed by atoms with E-state index >= 15 is 0 Å². The number of carbonyl (C=O) groups is 2. The highest BCUT2D eigenvalue weighted by molar-refractivity contribution is 14.1. The number of hydrogen-bond acceptors (Lipinski definition) is 6. The van der Waals surface area contributed by atoms with E-state index in [1.165, 1.54) is 12.2 Å². The molecule has 0 aromatic heterocycles. The molecule has 0 aromatic rings. The van der Waals surface area contributed by atoms with Crippen molar-refractivity contribution in [2.75, 3.05) is 0 Å². The fraction of sp³-hybridized carbons (Fsp3) is 0.500. The number of cyclic esters (lactones) is 1. The predicted octanol–water partition coefficient (Wildman–Crippen LogP) is 5.58. The van der Waals surface area contributed by atoms with Gasteiger partial charge in [-0.15, -0.1) is 0 Å². The molecular formula is C28H40INO6. The van der Waals surface area contributed by atoms with E-state index in [2.05, 4.69) is 28.7 Å². The summed E-state index contributed by atoms with van der Waals surface area (Å²) in [7, 11) is 0. The number of rotatable bonds is 4. The molecule has 1 aliphatic rings. The quantitative estimate of drug-likeness (QED) is 0.165. The van der Waals surface area contributed by atoms with Crippen molar-refractivity contribution in [2.24, 2.45) is 11.7 Å². The predicted molar refractivity (Wildman–Crippen MR) is 151 cm³/mol. The number of aliphatic hydroxyl groups is 2. The van der Waals surface area contributed by atoms with Crippen molar-refractivity contribution in [2.45, 2.75) is 83.7 Å². The van der Waals surface area contributed by atoms with Gasteiger partial charge in [0.25, 0.3) is 0 Å². The molecular weight excluding hydrogens is 573 g/mol. The van der Waals surface area contributed by atoms with E-state index in [-0.39, 0.29) is 12.0 Å². The zero-order chi connectivity index (χ0) is 26.9. The number of aliphatic hydroxyl groups excluding tert-OH is 2. The van der Waals surface area contributed by atoms with Gasteiger partial charge in [0.1, 0.15) is 24.4 Å². The number of esters is 1. The summed E-state index contributed by atoms with van der Waals surface area (Å²) < 4.78 is 12.8. The minimum absolute atomic E-state index is 0.0261. The molecule has 0 aromatic carbocycles. The van der Waals surface area contributed by atoms with Crippen molar-refractivity contribution < 1.29 is 29.3 Å². The number of nitrogens with two attached hydrogens (primary N) is 1. The summed E-state index contributed by atoms with van der Waals surface area (Å²) in [6, 6.07) is 0. The maximum absolute atomic E-state index is 12.5. The van der Waals surface area contributed by atoms with Crippen LogP contribution in [0.25, 0.3) is 0 Å². The minimum Gasteiger partial charge on any atom is -0.458 e. The molecule has 0 saturated heterocycles. The largest absolute Gasteiger partial charge is 0.458 e. The molecule has 0 saturated carbocycles. The average molecular weight is 614 g/mol. The Hall–Kier alpha value is -2.17. The van der Waals surface area contributed by atoms with Crippen LogP contribution in [-0.2, 0) is 14.3 Å². The van der Waals surface area contributed by atoms with Crippen molar-refractivity contribution in [3.63, 3.8) is 0 Å². The summed E-state index contributed by atoms with van der Waals surface area (Å²) in [6.07, 6.45) is 15.0. The van der Waals surface area contributed by atoms with Crippen LogP contribution in [0, 0.1) is 5.92 Å². The van der Waals surface area contributed by atoms with Crippen LogP contribution in [0.3, 0.4) is 0 Å². The number of amides is 1. The van der Waals surface area contributed by atoms with Gasteiger partial charge in [0.2, 0.25) is 0 Å². The third kappa shape index (κ3) is 13.8. The molecule has 7 nitrogen and oxygen atoms in total. The van der Waals surface area contributed by atoms with Gasteiger partial charge in [-0.1, -0.05) is 89.3 Å². The first-order valence-electron chi connectivity index (χ1n) is 12.3. The topological polar surface area (TPSA) is 119 Å². The van der Waals surface area contributed by atoms with E-state index < -0.39 is 30.4 Å². The SMILES string of the molecule is C/C1=C/C=C/CCC[C@H](OC(N)=O)[C@H](O)[C@@H](O)/C=C/CC/C=C/C(=O)O[C@@H]([C@H](C)/C=C(C)/C=C/I)C1. The lowest BCUT2D eigenvalue weighted by molar-refractivity contribution is -0.144. The standard InChI is InChI=1S/C28H40INO6/c1-20-12-8-4-6-10-14-24(36-28(30)34)27(33)23(31)13-9-5-7-11-15-26(32)35-25(19-20)22(3)18-21(2)16-17-29/h4,8-9,11-13,15-18,22-25,27,31,33H,5-7,10,14,19H2,1-3H3,(H2,30,34)/b8-4+,13-9+,15-11+,17-16+,20-12-,21-18+/t22-,23+,24+,25-,27-/m1/s1. The number of halogens is 1. The van der Waals surface area contributed by atoms with Gasteiger partial charge >= 0.3 is 12.1 Å². The van der Waals surface area contributed by atoms with E-state index in [4.69, 9.17) is 15.2 Å². The lowest BCUT2D eigenvalue weighted by Crippen LogP contribution is -2.40. The van der Waals surface area contributed by atoms with Crippen LogP contribution in [0.1, 0.15) is 59.3 Å². The van der Waals surface area contributed by atoms with Crippen LogP contribution in [0.5, 0.6) is 0 Å². The summed E-state index contributed by atoms with van der Waals surface area (Å²) in [4.78, 5) is 23.7. The first-order chi connectivity index (χ1) is 17.1. The van der Waals surface area contributed by atoms with Crippen LogP contribution < -0.4 is 5.73 Å². The van der Waals surface area contributed by atoms with E-state index in [1.54, 1.807) is 12.2 Å². The fourth-order valence-electron chi connectivity index (χ4n) is 3.74. The number of hydrogen-bond donors (Lipinski definition) is 3. The lowest BCUT2D eigenvalue weighted by atomic mass is 9.95. The average Bonchev–Trinajstić information content (AvgIpc) is 2.80. The third-order valence-electron chi connectivity index (χ3n) is 5.69. The van der Waals surface area contributed by atoms with E-state index in [0.29, 0.717) is 38.5 Å². The molecule has 200 valence electrons. The maximum atomic E-state index is 12.5. The first-order valence-corrected chi connectivity index (χ1v) is 13.5. The Kier molecular flexibility index (Phi) is 16.0. The van der Waals surface area contributed by atoms with Crippen molar-refractivity contribution in [3.8, 4) is 0 Å². The van der Waals surface area contributed by atoms with Gasteiger partial charge in [0, 0.05) is 18.4 Å². The van der Waals surface area contributed by atoms with Crippen molar-refractivity contribution in [1.29, 1.82) is 0 Å². The van der Waals surface area contributed by atoms with Gasteiger partial charge in [-0.3, -0.25) is 0 Å². The molecule has 0 unspecified atom stereocenters. The van der Waals surface area contributed by atoms with Crippen molar-refractivity contribution in [3.05, 3.63) is 69.9 Å². The Balaban J connectivity index is 3.07. The van der Waals surface area contributed by atoms with Gasteiger partial charge < -0.3 is 25.4 Å². The van der Waals surface area contributed by atoms with Crippen LogP contribution in [0.15, 0.2) is 69.9 Å². The van der Waals surface area contributed by atoms with Crippen LogP contribution in [0.2, 0.25) is 0 Å². The zero-order valence-corrected chi connectivity index (χ0v) is 23.5. The molecule has 1 aliphatic heterocycles. The molecule has 0 bridgehead atoms. The number of primary amides is 1. The summed E-state index contributed by atoms with van der Waals surface area (Å²) >= 11 is 2.18. The van der Waals surface area contributed by atoms with E-state index in [1.807, 2.05) is 49.2 Å². The Morgan fingerprint density at radius 3 is 2.67 bits per heavy atom. The zero-order valence-electron chi connectivity index (χ0n) is 21.4. The molecule has 4 N–H and O–H groups in total. The summed E-state index contributed by atoms with van der Waals surface area (Å²) in [5.74, 6) is -0.371. The number of carbonyl (C=O) groups excluding carboxylic acids is 2. The van der Waals surface area contributed by atoms with Crippen LogP contribution in [0.4, 0.5) is 4.79 Å². The van der Waals surface area contributed by atoms with E-state index in [0.717, 1.165) is 11.1 Å². The first kappa shape index (κ1) is 31.9. The maximum Gasteiger partial charge on any atom is 0.404 e. The highest BCUT2D eigenvalue weighted by Crippen LogP contribution is 2.21. The number of allylic oxidation sites excluding steroid dienone is 7. The Morgan fingerprint density at radius 1 is 1.25 bits per heavy atom. The van der Waals surface area contributed by atoms with Crippen molar-refractivity contribution >= 4 is 34.7 Å². The molecule has 0 fully saturated rings. The Bertz CT molecular complexity index is 873. The normalized spacial score (nSPS) is 30.9. The van der Waals surface area contributed by atoms with E-state index in [9.17, 15) is 19.8 Å². The van der Waals surface area contributed by atoms with Gasteiger partial charge in [-0.25, -0.2) is 9.59 Å². The lowest BCUT2D eigenvalue weighted by Gasteiger charge is -2.24. The highest BCUT2D eigenvalue weighted by Gasteiger charge is 2.27. The minimum atomic E-state index is -1.29. The molecule has 5 atom stereocenters. The van der Waals surface area contributed by atoms with Gasteiger partial charge in [0.15, 0.2) is 0 Å². The summed E-state index contributed by atoms with van der Waals surface area (Å²) in [5, 5.41) is 20.7. The van der Waals surface area contributed by atoms with Gasteiger partial charge in [-0.2, -0.15) is 0 Å². The second-order valence-corrected chi connectivity index (χ2v) is 9.70. The molecule has 8 heteroatoms. The number of ether oxygens (including phenoxy) is 2. The highest BCUT2D eigenvalue weighted by atomic mass is 127. The molecule has 0 radical (unpaired) electrons. The molecule has 1 amide bonds. The van der Waals surface area contributed by atoms with Crippen LogP contribution >= 0.6 is 22.6 Å². The summed E-state index contributed by atoms with van der Waals surface area (Å²) in [5.41, 5.74) is 7.32. The van der Waals surface area contributed by atoms with Gasteiger partial charge in [0.05, 0.1) is 0 Å².